The maximum absolute atomic E-state index is 11.9. The molecule has 5 nitrogen and oxygen atoms in total. The number of ketones is 1. The van der Waals surface area contributed by atoms with E-state index >= 15 is 0 Å². The van der Waals surface area contributed by atoms with Crippen LogP contribution >= 0.6 is 0 Å². The zero-order valence-corrected chi connectivity index (χ0v) is 15.8. The van der Waals surface area contributed by atoms with Crippen molar-refractivity contribution in [2.24, 2.45) is 0 Å². The fourth-order valence-electron chi connectivity index (χ4n) is 3.24. The Morgan fingerprint density at radius 1 is 1.17 bits per heavy atom. The van der Waals surface area contributed by atoms with Crippen LogP contribution in [0.5, 0.6) is 0 Å². The van der Waals surface area contributed by atoms with Gasteiger partial charge in [-0.2, -0.15) is 0 Å². The number of unbranched alkanes of at least 4 members (excludes halogenated alkanes) is 1. The number of carbonyl (C=O) groups excluding carboxylic acids is 3. The highest BCUT2D eigenvalue weighted by Gasteiger charge is 2.28. The highest BCUT2D eigenvalue weighted by molar-refractivity contribution is 6.79. The van der Waals surface area contributed by atoms with Crippen LogP contribution in [0.2, 0.25) is 24.2 Å². The minimum atomic E-state index is -1.10. The van der Waals surface area contributed by atoms with Crippen molar-refractivity contribution < 1.29 is 19.1 Å². The molecule has 1 atom stereocenters. The Balaban J connectivity index is 2.21. The summed E-state index contributed by atoms with van der Waals surface area (Å²) < 4.78 is 4.78. The van der Waals surface area contributed by atoms with Crippen LogP contribution in [0, 0.1) is 0 Å². The minimum absolute atomic E-state index is 0.0365. The van der Waals surface area contributed by atoms with Crippen LogP contribution < -0.4 is 5.32 Å². The summed E-state index contributed by atoms with van der Waals surface area (Å²) in [5.74, 6) is -0.797. The molecule has 1 amide bonds. The number of nitrogens with one attached hydrogen (secondary N) is 1. The zero-order valence-electron chi connectivity index (χ0n) is 14.8. The second-order valence-electron chi connectivity index (χ2n) is 6.56. The molecule has 6 heteroatoms. The molecule has 0 saturated carbocycles. The highest BCUT2D eigenvalue weighted by atomic mass is 28.3. The Bertz CT molecular complexity index is 413. The second kappa shape index (κ2) is 9.85. The number of amides is 1. The summed E-state index contributed by atoms with van der Waals surface area (Å²) in [6.45, 7) is 7.23. The Hall–Kier alpha value is -1.17. The van der Waals surface area contributed by atoms with Crippen LogP contribution in [0.1, 0.15) is 52.9 Å². The second-order valence-corrected chi connectivity index (χ2v) is 12.2. The van der Waals surface area contributed by atoms with Crippen molar-refractivity contribution in [3.63, 3.8) is 0 Å². The SMILES string of the molecule is CC[Si](CC)(CC)CCCCC(=O)CC(=O)N[C@H]1CCOC1=O. The van der Waals surface area contributed by atoms with Gasteiger partial charge in [-0.05, 0) is 6.42 Å². The van der Waals surface area contributed by atoms with Crippen LogP contribution in [-0.2, 0) is 19.1 Å². The van der Waals surface area contributed by atoms with Crippen LogP contribution in [0.15, 0.2) is 0 Å². The number of cyclic esters (lactones) is 1. The zero-order chi connectivity index (χ0) is 17.3. The summed E-state index contributed by atoms with van der Waals surface area (Å²) in [5.41, 5.74) is 0. The Labute approximate surface area is 140 Å². The van der Waals surface area contributed by atoms with Crippen LogP contribution in [0.25, 0.3) is 0 Å². The summed E-state index contributed by atoms with van der Waals surface area (Å²) in [5, 5.41) is 2.57. The molecule has 1 saturated heterocycles. The summed E-state index contributed by atoms with van der Waals surface area (Å²) in [4.78, 5) is 34.9. The smallest absolute Gasteiger partial charge is 0.328 e. The van der Waals surface area contributed by atoms with Gasteiger partial charge in [-0.3, -0.25) is 9.59 Å². The van der Waals surface area contributed by atoms with Crippen molar-refractivity contribution in [2.75, 3.05) is 6.61 Å². The number of hydrogen-bond acceptors (Lipinski definition) is 4. The van der Waals surface area contributed by atoms with Gasteiger partial charge in [0.15, 0.2) is 0 Å². The summed E-state index contributed by atoms with van der Waals surface area (Å²) in [6.07, 6.45) is 2.79. The van der Waals surface area contributed by atoms with E-state index in [1.165, 1.54) is 24.2 Å². The number of ether oxygens (including phenoxy) is 1. The molecule has 1 rings (SSSR count). The van der Waals surface area contributed by atoms with E-state index in [1.54, 1.807) is 0 Å². The number of rotatable bonds is 11. The predicted molar refractivity (Wildman–Crippen MR) is 93.0 cm³/mol. The molecule has 0 aromatic carbocycles. The van der Waals surface area contributed by atoms with Crippen molar-refractivity contribution in [3.8, 4) is 0 Å². The van der Waals surface area contributed by atoms with Gasteiger partial charge in [0.25, 0.3) is 0 Å². The third-order valence-corrected chi connectivity index (χ3v) is 11.2. The molecule has 1 aliphatic rings. The number of esters is 1. The molecule has 23 heavy (non-hydrogen) atoms. The van der Waals surface area contributed by atoms with Gasteiger partial charge in [0, 0.05) is 12.8 Å². The van der Waals surface area contributed by atoms with Gasteiger partial charge < -0.3 is 10.1 Å². The lowest BCUT2D eigenvalue weighted by Crippen LogP contribution is -2.38. The topological polar surface area (TPSA) is 72.5 Å². The lowest BCUT2D eigenvalue weighted by Gasteiger charge is -2.27. The quantitative estimate of drug-likeness (QED) is 0.271. The van der Waals surface area contributed by atoms with Gasteiger partial charge in [-0.25, -0.2) is 4.79 Å². The first-order valence-electron chi connectivity index (χ1n) is 8.94. The average Bonchev–Trinajstić information content (AvgIpc) is 2.93. The van der Waals surface area contributed by atoms with Gasteiger partial charge in [0.1, 0.15) is 11.8 Å². The van der Waals surface area contributed by atoms with Crippen molar-refractivity contribution in [1.29, 1.82) is 0 Å². The lowest BCUT2D eigenvalue weighted by atomic mass is 10.1. The average molecular weight is 342 g/mol. The summed E-state index contributed by atoms with van der Waals surface area (Å²) in [7, 11) is -1.10. The fraction of sp³-hybridized carbons (Fsp3) is 0.824. The van der Waals surface area contributed by atoms with E-state index in [1.807, 2.05) is 0 Å². The van der Waals surface area contributed by atoms with E-state index in [0.29, 0.717) is 19.4 Å². The number of carbonyl (C=O) groups is 3. The van der Waals surface area contributed by atoms with Gasteiger partial charge in [0.2, 0.25) is 5.91 Å². The normalized spacial score (nSPS) is 17.9. The molecule has 1 N–H and O–H groups in total. The lowest BCUT2D eigenvalue weighted by molar-refractivity contribution is -0.142. The first kappa shape index (κ1) is 19.9. The Kier molecular flexibility index (Phi) is 8.51. The molecule has 1 heterocycles. The monoisotopic (exact) mass is 341 g/mol. The molecule has 0 bridgehead atoms. The Morgan fingerprint density at radius 2 is 1.83 bits per heavy atom. The van der Waals surface area contributed by atoms with Crippen LogP contribution in [-0.4, -0.2) is 38.4 Å². The highest BCUT2D eigenvalue weighted by Crippen LogP contribution is 2.27. The summed E-state index contributed by atoms with van der Waals surface area (Å²) >= 11 is 0. The van der Waals surface area contributed by atoms with Gasteiger partial charge in [-0.15, -0.1) is 0 Å². The first-order chi connectivity index (χ1) is 11.0. The molecule has 0 radical (unpaired) electrons. The third kappa shape index (κ3) is 6.45. The van der Waals surface area contributed by atoms with Gasteiger partial charge in [0.05, 0.1) is 21.1 Å². The molecule has 132 valence electrons. The van der Waals surface area contributed by atoms with Crippen molar-refractivity contribution in [2.45, 2.75) is 83.1 Å². The maximum atomic E-state index is 11.9. The largest absolute Gasteiger partial charge is 0.464 e. The molecule has 0 aliphatic carbocycles. The van der Waals surface area contributed by atoms with Gasteiger partial charge in [-0.1, -0.05) is 51.4 Å². The molecule has 1 aliphatic heterocycles. The maximum Gasteiger partial charge on any atom is 0.328 e. The molecule has 0 aromatic rings. The van der Waals surface area contributed by atoms with E-state index in [0.717, 1.165) is 12.8 Å². The fourth-order valence-corrected chi connectivity index (χ4v) is 6.80. The van der Waals surface area contributed by atoms with E-state index < -0.39 is 20.1 Å². The first-order valence-corrected chi connectivity index (χ1v) is 11.8. The van der Waals surface area contributed by atoms with Crippen molar-refractivity contribution >= 4 is 25.7 Å². The van der Waals surface area contributed by atoms with Crippen molar-refractivity contribution in [3.05, 3.63) is 0 Å². The predicted octanol–water partition coefficient (Wildman–Crippen LogP) is 3.06. The number of Topliss-reactive ketones (excluding diaryl/α,β-unsaturated/α-hetero) is 1. The molecule has 0 spiro atoms. The standard InChI is InChI=1S/C17H31NO4Si/c1-4-23(5-2,6-3)12-8-7-9-14(19)13-16(20)18-15-10-11-22-17(15)21/h15H,4-13H2,1-3H3,(H,18,20)/t15-/m0/s1. The molecule has 1 fully saturated rings. The Morgan fingerprint density at radius 3 is 2.35 bits per heavy atom. The third-order valence-electron chi connectivity index (χ3n) is 5.29. The molecular formula is C17H31NO4Si. The van der Waals surface area contributed by atoms with E-state index in [4.69, 9.17) is 4.74 Å². The number of hydrogen-bond donors (Lipinski definition) is 1. The molecule has 0 unspecified atom stereocenters. The van der Waals surface area contributed by atoms with Gasteiger partial charge >= 0.3 is 5.97 Å². The molecular weight excluding hydrogens is 310 g/mol. The van der Waals surface area contributed by atoms with E-state index in [-0.39, 0.29) is 18.1 Å². The van der Waals surface area contributed by atoms with E-state index in [9.17, 15) is 14.4 Å². The van der Waals surface area contributed by atoms with Crippen LogP contribution in [0.3, 0.4) is 0 Å². The van der Waals surface area contributed by atoms with Crippen LogP contribution in [0.4, 0.5) is 0 Å². The summed E-state index contributed by atoms with van der Waals surface area (Å²) in [6, 6.07) is 4.65. The van der Waals surface area contributed by atoms with Crippen molar-refractivity contribution in [1.82, 2.24) is 5.32 Å². The molecule has 0 aromatic heterocycles. The minimum Gasteiger partial charge on any atom is -0.464 e. The van der Waals surface area contributed by atoms with E-state index in [2.05, 4.69) is 26.1 Å².